The quantitative estimate of drug-likeness (QED) is 0.907. The van der Waals surface area contributed by atoms with Crippen LogP contribution >= 0.6 is 0 Å². The van der Waals surface area contributed by atoms with Crippen LogP contribution in [0.3, 0.4) is 0 Å². The maximum absolute atomic E-state index is 12.6. The number of aryl methyl sites for hydroxylation is 1. The summed E-state index contributed by atoms with van der Waals surface area (Å²) in [6.45, 7) is 3.28. The number of carbonyl (C=O) groups is 1. The van der Waals surface area contributed by atoms with Crippen molar-refractivity contribution in [3.05, 3.63) is 52.3 Å². The van der Waals surface area contributed by atoms with E-state index in [0.29, 0.717) is 18.8 Å². The molecule has 1 aliphatic carbocycles. The molecule has 5 heteroatoms. The summed E-state index contributed by atoms with van der Waals surface area (Å²) in [6, 6.07) is 8.39. The van der Waals surface area contributed by atoms with E-state index in [0.717, 1.165) is 43.4 Å². The summed E-state index contributed by atoms with van der Waals surface area (Å²) in [4.78, 5) is 12.6. The monoisotopic (exact) mass is 325 g/mol. The SMILES string of the molecule is CC[C@]1(CNC(=O)c2n[nH]c3c2CCC3)OCCc2ccccc21. The molecule has 1 aliphatic heterocycles. The fraction of sp³-hybridized carbons (Fsp3) is 0.474. The van der Waals surface area contributed by atoms with E-state index in [-0.39, 0.29) is 5.91 Å². The summed E-state index contributed by atoms with van der Waals surface area (Å²) in [7, 11) is 0. The molecule has 5 nitrogen and oxygen atoms in total. The highest BCUT2D eigenvalue weighted by molar-refractivity contribution is 5.94. The number of H-pyrrole nitrogens is 1. The van der Waals surface area contributed by atoms with Gasteiger partial charge in [-0.15, -0.1) is 0 Å². The molecule has 126 valence electrons. The predicted octanol–water partition coefficient (Wildman–Crippen LogP) is 2.51. The van der Waals surface area contributed by atoms with Gasteiger partial charge in [0, 0.05) is 11.3 Å². The number of rotatable bonds is 4. The number of hydrogen-bond acceptors (Lipinski definition) is 3. The third-order valence-electron chi connectivity index (χ3n) is 5.39. The first kappa shape index (κ1) is 15.4. The van der Waals surface area contributed by atoms with Crippen molar-refractivity contribution in [2.45, 2.75) is 44.6 Å². The lowest BCUT2D eigenvalue weighted by Gasteiger charge is -2.38. The molecule has 1 atom stereocenters. The second kappa shape index (κ2) is 6.06. The Morgan fingerprint density at radius 1 is 1.33 bits per heavy atom. The number of hydrogen-bond donors (Lipinski definition) is 2. The third-order valence-corrected chi connectivity index (χ3v) is 5.39. The average Bonchev–Trinajstić information content (AvgIpc) is 3.23. The van der Waals surface area contributed by atoms with E-state index in [2.05, 4.69) is 40.6 Å². The maximum atomic E-state index is 12.6. The van der Waals surface area contributed by atoms with Crippen LogP contribution in [0.5, 0.6) is 0 Å². The second-order valence-corrected chi connectivity index (χ2v) is 6.67. The minimum absolute atomic E-state index is 0.103. The molecule has 2 aromatic rings. The Balaban J connectivity index is 1.55. The van der Waals surface area contributed by atoms with Crippen LogP contribution in [0.25, 0.3) is 0 Å². The van der Waals surface area contributed by atoms with Gasteiger partial charge in [0.15, 0.2) is 5.69 Å². The highest BCUT2D eigenvalue weighted by Crippen LogP contribution is 2.35. The Morgan fingerprint density at radius 3 is 3.08 bits per heavy atom. The van der Waals surface area contributed by atoms with Gasteiger partial charge < -0.3 is 10.1 Å². The Labute approximate surface area is 141 Å². The Hall–Kier alpha value is -2.14. The van der Waals surface area contributed by atoms with Gasteiger partial charge in [0.1, 0.15) is 5.60 Å². The van der Waals surface area contributed by atoms with Gasteiger partial charge in [0.05, 0.1) is 13.2 Å². The number of fused-ring (bicyclic) bond motifs is 2. The molecule has 1 amide bonds. The summed E-state index contributed by atoms with van der Waals surface area (Å²) in [5.41, 5.74) is 4.83. The maximum Gasteiger partial charge on any atom is 0.272 e. The van der Waals surface area contributed by atoms with Gasteiger partial charge in [-0.25, -0.2) is 0 Å². The number of ether oxygens (including phenoxy) is 1. The minimum Gasteiger partial charge on any atom is -0.368 e. The first-order valence-corrected chi connectivity index (χ1v) is 8.80. The van der Waals surface area contributed by atoms with E-state index in [1.165, 1.54) is 11.1 Å². The first-order valence-electron chi connectivity index (χ1n) is 8.80. The first-order chi connectivity index (χ1) is 11.7. The van der Waals surface area contributed by atoms with E-state index in [1.54, 1.807) is 0 Å². The topological polar surface area (TPSA) is 67.0 Å². The van der Waals surface area contributed by atoms with Crippen molar-refractivity contribution in [3.8, 4) is 0 Å². The predicted molar refractivity (Wildman–Crippen MR) is 91.0 cm³/mol. The molecule has 2 heterocycles. The summed E-state index contributed by atoms with van der Waals surface area (Å²) < 4.78 is 6.16. The molecule has 0 unspecified atom stereocenters. The van der Waals surface area contributed by atoms with Crippen LogP contribution < -0.4 is 5.32 Å². The normalized spacial score (nSPS) is 22.0. The highest BCUT2D eigenvalue weighted by atomic mass is 16.5. The smallest absolute Gasteiger partial charge is 0.272 e. The molecule has 0 fully saturated rings. The fourth-order valence-corrected chi connectivity index (χ4v) is 3.99. The summed E-state index contributed by atoms with van der Waals surface area (Å²) >= 11 is 0. The molecule has 1 aromatic heterocycles. The molecule has 2 N–H and O–H groups in total. The van der Waals surface area contributed by atoms with Gasteiger partial charge in [-0.05, 0) is 43.2 Å². The standard InChI is InChI=1S/C19H23N3O2/c1-2-19(15-8-4-3-6-13(15)10-11-24-19)12-20-18(23)17-14-7-5-9-16(14)21-22-17/h3-4,6,8H,2,5,7,9-12H2,1H3,(H,20,23)(H,21,22)/t19-/m1/s1. The lowest BCUT2D eigenvalue weighted by molar-refractivity contribution is -0.0606. The van der Waals surface area contributed by atoms with Crippen molar-refractivity contribution in [2.24, 2.45) is 0 Å². The van der Waals surface area contributed by atoms with Crippen molar-refractivity contribution in [1.29, 1.82) is 0 Å². The van der Waals surface area contributed by atoms with Gasteiger partial charge in [-0.2, -0.15) is 5.10 Å². The highest BCUT2D eigenvalue weighted by Gasteiger charge is 2.37. The molecule has 0 spiro atoms. The lowest BCUT2D eigenvalue weighted by Crippen LogP contribution is -2.45. The molecule has 4 rings (SSSR count). The van der Waals surface area contributed by atoms with Crippen LogP contribution in [0, 0.1) is 0 Å². The number of amides is 1. The van der Waals surface area contributed by atoms with E-state index in [9.17, 15) is 4.79 Å². The molecule has 1 aromatic carbocycles. The molecule has 0 saturated heterocycles. The van der Waals surface area contributed by atoms with Gasteiger partial charge >= 0.3 is 0 Å². The van der Waals surface area contributed by atoms with Gasteiger partial charge in [0.2, 0.25) is 0 Å². The number of nitrogens with one attached hydrogen (secondary N) is 2. The fourth-order valence-electron chi connectivity index (χ4n) is 3.99. The number of benzene rings is 1. The molecular weight excluding hydrogens is 302 g/mol. The van der Waals surface area contributed by atoms with Crippen molar-refractivity contribution >= 4 is 5.91 Å². The summed E-state index contributed by atoms with van der Waals surface area (Å²) in [6.07, 6.45) is 4.78. The van der Waals surface area contributed by atoms with E-state index < -0.39 is 5.60 Å². The zero-order valence-corrected chi connectivity index (χ0v) is 14.0. The van der Waals surface area contributed by atoms with Gasteiger partial charge in [-0.1, -0.05) is 31.2 Å². The molecular formula is C19H23N3O2. The Bertz CT molecular complexity index is 768. The van der Waals surface area contributed by atoms with Crippen molar-refractivity contribution in [1.82, 2.24) is 15.5 Å². The van der Waals surface area contributed by atoms with Crippen LogP contribution in [-0.2, 0) is 29.6 Å². The van der Waals surface area contributed by atoms with Gasteiger partial charge in [0.25, 0.3) is 5.91 Å². The van der Waals surface area contributed by atoms with Crippen LogP contribution in [0.1, 0.15) is 52.6 Å². The van der Waals surface area contributed by atoms with Crippen LogP contribution in [0.2, 0.25) is 0 Å². The number of carbonyl (C=O) groups excluding carboxylic acids is 1. The molecule has 2 aliphatic rings. The minimum atomic E-state index is -0.440. The van der Waals surface area contributed by atoms with E-state index in [1.807, 2.05) is 6.07 Å². The lowest BCUT2D eigenvalue weighted by atomic mass is 9.84. The Morgan fingerprint density at radius 2 is 2.21 bits per heavy atom. The zero-order valence-electron chi connectivity index (χ0n) is 14.0. The van der Waals surface area contributed by atoms with Crippen LogP contribution in [-0.4, -0.2) is 29.3 Å². The molecule has 0 bridgehead atoms. The van der Waals surface area contributed by atoms with Crippen molar-refractivity contribution < 1.29 is 9.53 Å². The van der Waals surface area contributed by atoms with Crippen LogP contribution in [0.15, 0.2) is 24.3 Å². The van der Waals surface area contributed by atoms with Gasteiger partial charge in [-0.3, -0.25) is 9.89 Å². The molecule has 0 radical (unpaired) electrons. The third kappa shape index (κ3) is 2.44. The van der Waals surface area contributed by atoms with Crippen LogP contribution in [0.4, 0.5) is 0 Å². The molecule has 24 heavy (non-hydrogen) atoms. The second-order valence-electron chi connectivity index (χ2n) is 6.67. The largest absolute Gasteiger partial charge is 0.368 e. The zero-order chi connectivity index (χ0) is 16.6. The number of aromatic amines is 1. The Kier molecular flexibility index (Phi) is 3.88. The van der Waals surface area contributed by atoms with E-state index in [4.69, 9.17) is 4.74 Å². The van der Waals surface area contributed by atoms with Crippen molar-refractivity contribution in [3.63, 3.8) is 0 Å². The average molecular weight is 325 g/mol. The van der Waals surface area contributed by atoms with Crippen molar-refractivity contribution in [2.75, 3.05) is 13.2 Å². The van der Waals surface area contributed by atoms with E-state index >= 15 is 0 Å². The number of nitrogens with zero attached hydrogens (tertiary/aromatic N) is 1. The molecule has 0 saturated carbocycles. The summed E-state index contributed by atoms with van der Waals surface area (Å²) in [5.74, 6) is -0.103. The number of aromatic nitrogens is 2. The summed E-state index contributed by atoms with van der Waals surface area (Å²) in [5, 5.41) is 10.3.